The van der Waals surface area contributed by atoms with E-state index >= 15 is 0 Å². The zero-order valence-electron chi connectivity index (χ0n) is 14.6. The summed E-state index contributed by atoms with van der Waals surface area (Å²) in [5.74, 6) is -0.342. The number of nitrogens with one attached hydrogen (secondary N) is 3. The van der Waals surface area contributed by atoms with Crippen molar-refractivity contribution < 1.29 is 9.18 Å². The predicted molar refractivity (Wildman–Crippen MR) is 97.8 cm³/mol. The first kappa shape index (κ1) is 17.6. The molecule has 1 heterocycles. The Bertz CT molecular complexity index is 874. The fraction of sp³-hybridized carbons (Fsp3) is 0.211. The highest BCUT2D eigenvalue weighted by Crippen LogP contribution is 2.19. The molecule has 0 saturated heterocycles. The molecule has 7 heteroatoms. The van der Waals surface area contributed by atoms with Crippen molar-refractivity contribution in [1.82, 2.24) is 20.7 Å². The molecule has 26 heavy (non-hydrogen) atoms. The lowest BCUT2D eigenvalue weighted by atomic mass is 10.1. The second-order valence-corrected chi connectivity index (χ2v) is 5.94. The van der Waals surface area contributed by atoms with Gasteiger partial charge in [0.05, 0.1) is 6.04 Å². The van der Waals surface area contributed by atoms with E-state index in [0.717, 1.165) is 17.7 Å². The zero-order chi connectivity index (χ0) is 18.5. The smallest absolute Gasteiger partial charge is 0.276 e. The maximum atomic E-state index is 13.0. The van der Waals surface area contributed by atoms with Crippen molar-refractivity contribution in [3.8, 4) is 0 Å². The molecular weight excluding hydrogens is 333 g/mol. The Labute approximate surface area is 150 Å². The molecule has 3 rings (SSSR count). The van der Waals surface area contributed by atoms with Crippen LogP contribution in [0, 0.1) is 5.82 Å². The van der Waals surface area contributed by atoms with Crippen LogP contribution in [0.2, 0.25) is 0 Å². The number of aryl methyl sites for hydroxylation is 1. The number of aromatic nitrogens is 3. The van der Waals surface area contributed by atoms with Crippen molar-refractivity contribution in [2.24, 2.45) is 0 Å². The molecule has 0 spiro atoms. The third-order valence-corrected chi connectivity index (χ3v) is 4.11. The Kier molecular flexibility index (Phi) is 5.26. The van der Waals surface area contributed by atoms with Gasteiger partial charge in [-0.2, -0.15) is 5.21 Å². The summed E-state index contributed by atoms with van der Waals surface area (Å²) in [6, 6.07) is 13.6. The van der Waals surface area contributed by atoms with Crippen LogP contribution in [0.25, 0.3) is 0 Å². The van der Waals surface area contributed by atoms with Crippen molar-refractivity contribution in [3.63, 3.8) is 0 Å². The third-order valence-electron chi connectivity index (χ3n) is 4.11. The molecule has 134 valence electrons. The van der Waals surface area contributed by atoms with Gasteiger partial charge >= 0.3 is 0 Å². The lowest BCUT2D eigenvalue weighted by molar-refractivity contribution is 0.0935. The number of carbonyl (C=O) groups is 1. The molecule has 0 saturated carbocycles. The summed E-state index contributed by atoms with van der Waals surface area (Å²) in [6.07, 6.45) is 0.958. The van der Waals surface area contributed by atoms with Crippen LogP contribution in [0.1, 0.15) is 41.5 Å². The number of benzene rings is 2. The lowest BCUT2D eigenvalue weighted by Crippen LogP contribution is -2.27. The number of amides is 1. The minimum absolute atomic E-state index is 0.165. The van der Waals surface area contributed by atoms with Gasteiger partial charge < -0.3 is 10.6 Å². The molecule has 0 aliphatic carbocycles. The second kappa shape index (κ2) is 7.77. The first-order chi connectivity index (χ1) is 12.6. The number of hydrogen-bond donors (Lipinski definition) is 3. The molecule has 0 radical (unpaired) electrons. The van der Waals surface area contributed by atoms with Gasteiger partial charge in [0, 0.05) is 5.69 Å². The standard InChI is InChI=1S/C19H20FN5O/c1-3-13-4-10-16(11-5-13)22-18-17(23-25-24-18)19(26)21-12(2)14-6-8-15(20)9-7-14/h4-12H,3H2,1-2H3,(H,21,26)(H2,22,23,24,25)/t12-/m1/s1. The van der Waals surface area contributed by atoms with E-state index in [1.807, 2.05) is 31.2 Å². The molecule has 3 N–H and O–H groups in total. The van der Waals surface area contributed by atoms with Crippen LogP contribution in [0.15, 0.2) is 48.5 Å². The zero-order valence-corrected chi connectivity index (χ0v) is 14.6. The van der Waals surface area contributed by atoms with E-state index in [9.17, 15) is 9.18 Å². The molecule has 3 aromatic rings. The maximum Gasteiger partial charge on any atom is 0.276 e. The van der Waals surface area contributed by atoms with Gasteiger partial charge in [-0.15, -0.1) is 10.2 Å². The minimum Gasteiger partial charge on any atom is -0.344 e. The number of aromatic amines is 1. The topological polar surface area (TPSA) is 82.7 Å². The van der Waals surface area contributed by atoms with Crippen molar-refractivity contribution in [2.45, 2.75) is 26.3 Å². The summed E-state index contributed by atoms with van der Waals surface area (Å²) < 4.78 is 13.0. The van der Waals surface area contributed by atoms with Gasteiger partial charge in [0.15, 0.2) is 11.5 Å². The van der Waals surface area contributed by atoms with E-state index < -0.39 is 0 Å². The fourth-order valence-electron chi connectivity index (χ4n) is 2.54. The molecule has 2 aromatic carbocycles. The summed E-state index contributed by atoms with van der Waals surface area (Å²) in [7, 11) is 0. The summed E-state index contributed by atoms with van der Waals surface area (Å²) >= 11 is 0. The number of nitrogens with zero attached hydrogens (tertiary/aromatic N) is 2. The molecule has 0 unspecified atom stereocenters. The van der Waals surface area contributed by atoms with Gasteiger partial charge in [0.25, 0.3) is 5.91 Å². The number of halogens is 1. The van der Waals surface area contributed by atoms with Crippen LogP contribution < -0.4 is 10.6 Å². The van der Waals surface area contributed by atoms with Crippen LogP contribution in [-0.2, 0) is 6.42 Å². The Morgan fingerprint density at radius 3 is 2.46 bits per heavy atom. The molecule has 0 fully saturated rings. The van der Waals surface area contributed by atoms with E-state index in [-0.39, 0.29) is 23.5 Å². The SMILES string of the molecule is CCc1ccc(Nc2n[nH]nc2C(=O)N[C@H](C)c2ccc(F)cc2)cc1. The summed E-state index contributed by atoms with van der Waals surface area (Å²) in [6.45, 7) is 3.91. The molecule has 0 aliphatic rings. The second-order valence-electron chi connectivity index (χ2n) is 5.94. The van der Waals surface area contributed by atoms with Crippen molar-refractivity contribution in [2.75, 3.05) is 5.32 Å². The molecule has 0 aliphatic heterocycles. The van der Waals surface area contributed by atoms with E-state index in [4.69, 9.17) is 0 Å². The molecule has 1 amide bonds. The number of anilines is 2. The van der Waals surface area contributed by atoms with E-state index in [1.54, 1.807) is 12.1 Å². The van der Waals surface area contributed by atoms with Crippen molar-refractivity contribution >= 4 is 17.4 Å². The Morgan fingerprint density at radius 1 is 1.12 bits per heavy atom. The first-order valence-electron chi connectivity index (χ1n) is 8.40. The minimum atomic E-state index is -0.372. The average molecular weight is 353 g/mol. The lowest BCUT2D eigenvalue weighted by Gasteiger charge is -2.14. The van der Waals surface area contributed by atoms with Crippen LogP contribution in [-0.4, -0.2) is 21.3 Å². The molecule has 0 bridgehead atoms. The number of carbonyl (C=O) groups excluding carboxylic acids is 1. The van der Waals surface area contributed by atoms with Crippen LogP contribution >= 0.6 is 0 Å². The predicted octanol–water partition coefficient (Wildman–Crippen LogP) is 3.74. The highest BCUT2D eigenvalue weighted by Gasteiger charge is 2.19. The van der Waals surface area contributed by atoms with Gasteiger partial charge in [-0.05, 0) is 48.7 Å². The highest BCUT2D eigenvalue weighted by atomic mass is 19.1. The fourth-order valence-corrected chi connectivity index (χ4v) is 2.54. The summed E-state index contributed by atoms with van der Waals surface area (Å²) in [5, 5.41) is 16.3. The number of rotatable bonds is 6. The molecular formula is C19H20FN5O. The van der Waals surface area contributed by atoms with Gasteiger partial charge in [-0.1, -0.05) is 31.2 Å². The van der Waals surface area contributed by atoms with Gasteiger partial charge in [-0.3, -0.25) is 4.79 Å². The molecule has 1 aromatic heterocycles. The van der Waals surface area contributed by atoms with Crippen LogP contribution in [0.5, 0.6) is 0 Å². The Morgan fingerprint density at radius 2 is 1.81 bits per heavy atom. The third kappa shape index (κ3) is 4.05. The largest absolute Gasteiger partial charge is 0.344 e. The normalized spacial score (nSPS) is 11.8. The van der Waals surface area contributed by atoms with E-state index in [2.05, 4.69) is 33.0 Å². The van der Waals surface area contributed by atoms with Gasteiger partial charge in [0.2, 0.25) is 0 Å². The average Bonchev–Trinajstić information content (AvgIpc) is 3.11. The monoisotopic (exact) mass is 353 g/mol. The number of hydrogen-bond acceptors (Lipinski definition) is 4. The van der Waals surface area contributed by atoms with Gasteiger partial charge in [0.1, 0.15) is 5.82 Å². The first-order valence-corrected chi connectivity index (χ1v) is 8.40. The van der Waals surface area contributed by atoms with Crippen molar-refractivity contribution in [1.29, 1.82) is 0 Å². The molecule has 1 atom stereocenters. The summed E-state index contributed by atoms with van der Waals surface area (Å²) in [5.41, 5.74) is 3.00. The van der Waals surface area contributed by atoms with Crippen molar-refractivity contribution in [3.05, 3.63) is 71.2 Å². The quantitative estimate of drug-likeness (QED) is 0.630. The van der Waals surface area contributed by atoms with E-state index in [0.29, 0.717) is 5.82 Å². The maximum absolute atomic E-state index is 13.0. The molecule has 6 nitrogen and oxygen atoms in total. The van der Waals surface area contributed by atoms with E-state index in [1.165, 1.54) is 17.7 Å². The Balaban J connectivity index is 1.70. The van der Waals surface area contributed by atoms with Crippen LogP contribution in [0.4, 0.5) is 15.9 Å². The number of H-pyrrole nitrogens is 1. The van der Waals surface area contributed by atoms with Gasteiger partial charge in [-0.25, -0.2) is 4.39 Å². The Hall–Kier alpha value is -3.22. The summed E-state index contributed by atoms with van der Waals surface area (Å²) in [4.78, 5) is 12.5. The highest BCUT2D eigenvalue weighted by molar-refractivity contribution is 5.97. The van der Waals surface area contributed by atoms with Crippen LogP contribution in [0.3, 0.4) is 0 Å².